The normalized spacial score (nSPS) is 14.8. The number of fused-ring (bicyclic) bond motifs is 1. The van der Waals surface area contributed by atoms with Crippen molar-refractivity contribution in [1.82, 2.24) is 24.5 Å². The van der Waals surface area contributed by atoms with Crippen molar-refractivity contribution in [3.63, 3.8) is 0 Å². The molecule has 150 valence electrons. The van der Waals surface area contributed by atoms with Crippen LogP contribution in [-0.4, -0.2) is 29.7 Å². The monoisotopic (exact) mass is 397 g/mol. The Labute approximate surface area is 166 Å². The summed E-state index contributed by atoms with van der Waals surface area (Å²) in [6.07, 6.45) is 3.50. The zero-order valence-electron chi connectivity index (χ0n) is 16.1. The van der Waals surface area contributed by atoms with Crippen molar-refractivity contribution in [2.24, 2.45) is 0 Å². The van der Waals surface area contributed by atoms with Crippen LogP contribution in [0.5, 0.6) is 0 Å². The zero-order chi connectivity index (χ0) is 20.6. The van der Waals surface area contributed by atoms with Gasteiger partial charge in [-0.25, -0.2) is 18.4 Å². The number of aromatic nitrogens is 5. The zero-order valence-corrected chi connectivity index (χ0v) is 16.1. The van der Waals surface area contributed by atoms with Crippen LogP contribution in [0.4, 0.5) is 8.78 Å². The molecule has 4 aromatic rings. The van der Waals surface area contributed by atoms with Gasteiger partial charge in [0.15, 0.2) is 0 Å². The van der Waals surface area contributed by atoms with Crippen LogP contribution in [0.15, 0.2) is 55.1 Å². The van der Waals surface area contributed by atoms with E-state index < -0.39 is 23.3 Å². The quantitative estimate of drug-likeness (QED) is 0.540. The lowest BCUT2D eigenvalue weighted by atomic mass is 9.86. The van der Waals surface area contributed by atoms with Crippen LogP contribution in [0.1, 0.15) is 31.1 Å². The molecule has 4 rings (SSSR count). The molecule has 1 N–H and O–H groups in total. The standard InChI is InChI=1S/C21H21F2N5O/c1-3-19-16-6-4-5-7-20(16)28(26-19)14(2)21(29,11-27-13-24-12-25-27)17-9-8-15(22)10-18(17)23/h4-10,12-14,29H,3,11H2,1-2H3/t14-,21-/m1/s1. The van der Waals surface area contributed by atoms with Crippen LogP contribution in [0.2, 0.25) is 0 Å². The van der Waals surface area contributed by atoms with E-state index in [1.165, 1.54) is 23.4 Å². The third kappa shape index (κ3) is 3.29. The summed E-state index contributed by atoms with van der Waals surface area (Å²) in [5.74, 6) is -1.54. The molecule has 0 fully saturated rings. The van der Waals surface area contributed by atoms with Gasteiger partial charge in [-0.2, -0.15) is 10.2 Å². The molecule has 2 heterocycles. The van der Waals surface area contributed by atoms with Crippen LogP contribution in [-0.2, 0) is 18.6 Å². The fourth-order valence-electron chi connectivity index (χ4n) is 3.76. The lowest BCUT2D eigenvalue weighted by Crippen LogP contribution is -2.41. The van der Waals surface area contributed by atoms with Gasteiger partial charge < -0.3 is 5.11 Å². The highest BCUT2D eigenvalue weighted by Gasteiger charge is 2.41. The first-order valence-electron chi connectivity index (χ1n) is 9.40. The van der Waals surface area contributed by atoms with Gasteiger partial charge in [0.2, 0.25) is 0 Å². The van der Waals surface area contributed by atoms with Crippen LogP contribution in [0.25, 0.3) is 10.9 Å². The predicted octanol–water partition coefficient (Wildman–Crippen LogP) is 3.62. The number of rotatable bonds is 6. The average Bonchev–Trinajstić information content (AvgIpc) is 3.34. The highest BCUT2D eigenvalue weighted by atomic mass is 19.1. The summed E-state index contributed by atoms with van der Waals surface area (Å²) in [5.41, 5.74) is -0.0725. The van der Waals surface area contributed by atoms with Crippen molar-refractivity contribution in [3.8, 4) is 0 Å². The van der Waals surface area contributed by atoms with Gasteiger partial charge in [0.05, 0.1) is 23.8 Å². The SMILES string of the molecule is CCc1nn([C@H](C)[C@](O)(Cn2cncn2)c2ccc(F)cc2F)c2ccccc12. The molecule has 2 atom stereocenters. The highest BCUT2D eigenvalue weighted by Crippen LogP contribution is 2.38. The van der Waals surface area contributed by atoms with Crippen molar-refractivity contribution in [2.75, 3.05) is 0 Å². The molecule has 2 aromatic heterocycles. The molecule has 0 aliphatic carbocycles. The Morgan fingerprint density at radius 2 is 1.97 bits per heavy atom. The Bertz CT molecular complexity index is 1140. The van der Waals surface area contributed by atoms with Crippen LogP contribution in [0.3, 0.4) is 0 Å². The largest absolute Gasteiger partial charge is 0.381 e. The van der Waals surface area contributed by atoms with E-state index in [2.05, 4.69) is 10.1 Å². The summed E-state index contributed by atoms with van der Waals surface area (Å²) >= 11 is 0. The van der Waals surface area contributed by atoms with E-state index in [1.807, 2.05) is 31.2 Å². The maximum absolute atomic E-state index is 14.8. The molecule has 0 saturated carbocycles. The molecule has 0 aliphatic heterocycles. The molecule has 0 amide bonds. The molecule has 0 bridgehead atoms. The molecule has 0 radical (unpaired) electrons. The Morgan fingerprint density at radius 1 is 1.17 bits per heavy atom. The molecule has 0 spiro atoms. The second-order valence-electron chi connectivity index (χ2n) is 7.08. The molecule has 6 nitrogen and oxygen atoms in total. The highest BCUT2D eigenvalue weighted by molar-refractivity contribution is 5.82. The first kappa shape index (κ1) is 19.2. The van der Waals surface area contributed by atoms with E-state index in [0.29, 0.717) is 6.42 Å². The number of hydrogen-bond donors (Lipinski definition) is 1. The minimum Gasteiger partial charge on any atom is -0.381 e. The number of hydrogen-bond acceptors (Lipinski definition) is 4. The van der Waals surface area contributed by atoms with Gasteiger partial charge in [0, 0.05) is 17.0 Å². The van der Waals surface area contributed by atoms with E-state index in [9.17, 15) is 13.9 Å². The molecule has 2 aromatic carbocycles. The summed E-state index contributed by atoms with van der Waals surface area (Å²) in [7, 11) is 0. The average molecular weight is 397 g/mol. The van der Waals surface area contributed by atoms with Crippen LogP contribution >= 0.6 is 0 Å². The van der Waals surface area contributed by atoms with Crippen LogP contribution < -0.4 is 0 Å². The fourth-order valence-corrected chi connectivity index (χ4v) is 3.76. The molecular formula is C21H21F2N5O. The van der Waals surface area contributed by atoms with Gasteiger partial charge in [-0.1, -0.05) is 31.2 Å². The number of para-hydroxylation sites is 1. The number of aliphatic hydroxyl groups is 1. The summed E-state index contributed by atoms with van der Waals surface area (Å²) < 4.78 is 31.4. The minimum absolute atomic E-state index is 0.0282. The van der Waals surface area contributed by atoms with Gasteiger partial charge in [-0.05, 0) is 25.5 Å². The molecular weight excluding hydrogens is 376 g/mol. The molecule has 0 aliphatic rings. The van der Waals surface area contributed by atoms with Crippen molar-refractivity contribution in [2.45, 2.75) is 38.5 Å². The summed E-state index contributed by atoms with van der Waals surface area (Å²) in [4.78, 5) is 3.90. The second kappa shape index (κ2) is 7.36. The Morgan fingerprint density at radius 3 is 2.66 bits per heavy atom. The second-order valence-corrected chi connectivity index (χ2v) is 7.08. The van der Waals surface area contributed by atoms with E-state index in [-0.39, 0.29) is 12.1 Å². The van der Waals surface area contributed by atoms with Crippen molar-refractivity contribution >= 4 is 10.9 Å². The number of benzene rings is 2. The molecule has 0 unspecified atom stereocenters. The van der Waals surface area contributed by atoms with E-state index >= 15 is 0 Å². The fraction of sp³-hybridized carbons (Fsp3) is 0.286. The van der Waals surface area contributed by atoms with Gasteiger partial charge >= 0.3 is 0 Å². The van der Waals surface area contributed by atoms with Gasteiger partial charge in [0.1, 0.15) is 29.9 Å². The van der Waals surface area contributed by atoms with E-state index in [1.54, 1.807) is 11.6 Å². The van der Waals surface area contributed by atoms with Gasteiger partial charge in [-0.3, -0.25) is 4.68 Å². The van der Waals surface area contributed by atoms with Crippen LogP contribution in [0, 0.1) is 11.6 Å². The Kier molecular flexibility index (Phi) is 4.87. The minimum atomic E-state index is -1.76. The third-order valence-electron chi connectivity index (χ3n) is 5.35. The summed E-state index contributed by atoms with van der Waals surface area (Å²) in [5, 5.41) is 21.5. The van der Waals surface area contributed by atoms with Gasteiger partial charge in [0.25, 0.3) is 0 Å². The summed E-state index contributed by atoms with van der Waals surface area (Å²) in [6, 6.07) is 10.2. The molecule has 29 heavy (non-hydrogen) atoms. The van der Waals surface area contributed by atoms with Crippen molar-refractivity contribution in [1.29, 1.82) is 0 Å². The Balaban J connectivity index is 1.89. The van der Waals surface area contributed by atoms with Gasteiger partial charge in [-0.15, -0.1) is 0 Å². The first-order chi connectivity index (χ1) is 13.9. The Hall–Kier alpha value is -3.13. The predicted molar refractivity (Wildman–Crippen MR) is 104 cm³/mol. The third-order valence-corrected chi connectivity index (χ3v) is 5.35. The maximum Gasteiger partial charge on any atom is 0.137 e. The maximum atomic E-state index is 14.8. The number of halogens is 2. The summed E-state index contributed by atoms with van der Waals surface area (Å²) in [6.45, 7) is 3.69. The first-order valence-corrected chi connectivity index (χ1v) is 9.40. The van der Waals surface area contributed by atoms with Crippen molar-refractivity contribution < 1.29 is 13.9 Å². The van der Waals surface area contributed by atoms with E-state index in [4.69, 9.17) is 5.10 Å². The molecule has 0 saturated heterocycles. The smallest absolute Gasteiger partial charge is 0.137 e. The molecule has 8 heteroatoms. The number of nitrogens with zero attached hydrogens (tertiary/aromatic N) is 5. The topological polar surface area (TPSA) is 68.8 Å². The lowest BCUT2D eigenvalue weighted by molar-refractivity contribution is -0.0355. The van der Waals surface area contributed by atoms with Crippen molar-refractivity contribution in [3.05, 3.63) is 78.0 Å². The van der Waals surface area contributed by atoms with E-state index in [0.717, 1.165) is 28.7 Å². The lowest BCUT2D eigenvalue weighted by Gasteiger charge is -2.35. The number of aryl methyl sites for hydroxylation is 1.